The Morgan fingerprint density at radius 3 is 2.71 bits per heavy atom. The van der Waals surface area contributed by atoms with Crippen LogP contribution < -0.4 is 5.73 Å². The molecule has 2 atom stereocenters. The molecule has 0 amide bonds. The van der Waals surface area contributed by atoms with Crippen LogP contribution in [0.2, 0.25) is 0 Å². The third-order valence-electron chi connectivity index (χ3n) is 3.03. The van der Waals surface area contributed by atoms with E-state index in [1.54, 1.807) is 6.07 Å². The summed E-state index contributed by atoms with van der Waals surface area (Å²) < 4.78 is 43.0. The lowest BCUT2D eigenvalue weighted by Gasteiger charge is -2.12. The molecule has 1 aromatic carbocycles. The molecule has 1 heterocycles. The molecule has 0 saturated carbocycles. The normalized spacial score (nSPS) is 25.2. The number of rotatable bonds is 2. The Kier molecular flexibility index (Phi) is 3.40. The summed E-state index contributed by atoms with van der Waals surface area (Å²) in [6.45, 7) is 0.860. The van der Waals surface area contributed by atoms with Gasteiger partial charge in [0.05, 0.1) is 18.3 Å². The summed E-state index contributed by atoms with van der Waals surface area (Å²) in [7, 11) is 0. The first-order chi connectivity index (χ1) is 8.00. The molecule has 0 aliphatic carbocycles. The monoisotopic (exact) mass is 245 g/mol. The van der Waals surface area contributed by atoms with Crippen molar-refractivity contribution < 1.29 is 17.9 Å². The zero-order chi connectivity index (χ0) is 12.5. The van der Waals surface area contributed by atoms with Gasteiger partial charge in [-0.2, -0.15) is 13.2 Å². The summed E-state index contributed by atoms with van der Waals surface area (Å²) in [4.78, 5) is 0. The molecule has 0 aromatic heterocycles. The molecule has 1 aliphatic heterocycles. The molecule has 17 heavy (non-hydrogen) atoms. The van der Waals surface area contributed by atoms with Crippen LogP contribution in [0.4, 0.5) is 13.2 Å². The van der Waals surface area contributed by atoms with Gasteiger partial charge in [0, 0.05) is 12.5 Å². The predicted octanol–water partition coefficient (Wildman–Crippen LogP) is 2.54. The van der Waals surface area contributed by atoms with Crippen molar-refractivity contribution in [1.82, 2.24) is 0 Å². The van der Waals surface area contributed by atoms with E-state index in [2.05, 4.69) is 0 Å². The first kappa shape index (κ1) is 12.4. The summed E-state index contributed by atoms with van der Waals surface area (Å²) in [5, 5.41) is 0. The zero-order valence-corrected chi connectivity index (χ0v) is 9.20. The Morgan fingerprint density at radius 2 is 2.12 bits per heavy atom. The fraction of sp³-hybridized carbons (Fsp3) is 0.500. The van der Waals surface area contributed by atoms with Crippen LogP contribution in [-0.2, 0) is 10.9 Å². The average molecular weight is 245 g/mol. The van der Waals surface area contributed by atoms with Crippen LogP contribution in [0.3, 0.4) is 0 Å². The van der Waals surface area contributed by atoms with Crippen molar-refractivity contribution in [2.75, 3.05) is 13.2 Å². The Hall–Kier alpha value is -1.07. The lowest BCUT2D eigenvalue weighted by atomic mass is 9.95. The van der Waals surface area contributed by atoms with Crippen LogP contribution in [0.25, 0.3) is 0 Å². The summed E-state index contributed by atoms with van der Waals surface area (Å²) in [5.74, 6) is 0.0193. The minimum atomic E-state index is -4.29. The van der Waals surface area contributed by atoms with Gasteiger partial charge in [-0.15, -0.1) is 0 Å². The third-order valence-corrected chi connectivity index (χ3v) is 3.03. The average Bonchev–Trinajstić information content (AvgIpc) is 2.76. The van der Waals surface area contributed by atoms with Crippen LogP contribution in [-0.4, -0.2) is 19.3 Å². The van der Waals surface area contributed by atoms with E-state index in [4.69, 9.17) is 10.5 Å². The fourth-order valence-corrected chi connectivity index (χ4v) is 2.07. The maximum atomic E-state index is 12.5. The van der Waals surface area contributed by atoms with Crippen LogP contribution in [0, 0.1) is 0 Å². The van der Waals surface area contributed by atoms with Gasteiger partial charge in [0.2, 0.25) is 0 Å². The topological polar surface area (TPSA) is 35.2 Å². The van der Waals surface area contributed by atoms with Crippen molar-refractivity contribution in [3.8, 4) is 0 Å². The van der Waals surface area contributed by atoms with Gasteiger partial charge in [-0.05, 0) is 18.1 Å². The Balaban J connectivity index is 2.17. The van der Waals surface area contributed by atoms with Gasteiger partial charge in [-0.25, -0.2) is 0 Å². The summed E-state index contributed by atoms with van der Waals surface area (Å²) in [5.41, 5.74) is 5.54. The number of halogens is 3. The van der Waals surface area contributed by atoms with Gasteiger partial charge in [0.25, 0.3) is 0 Å². The first-order valence-corrected chi connectivity index (χ1v) is 5.49. The SMILES string of the molecule is NCC1CC(c2cccc(C(F)(F)F)c2)CO1. The molecule has 5 heteroatoms. The van der Waals surface area contributed by atoms with E-state index < -0.39 is 11.7 Å². The van der Waals surface area contributed by atoms with E-state index in [9.17, 15) is 13.2 Å². The Labute approximate surface area is 97.6 Å². The minimum absolute atomic E-state index is 0.0193. The molecule has 2 nitrogen and oxygen atoms in total. The standard InChI is InChI=1S/C12H14F3NO/c13-12(14,15)10-3-1-2-8(4-10)9-5-11(6-16)17-7-9/h1-4,9,11H,5-7,16H2. The molecule has 0 bridgehead atoms. The molecule has 2 N–H and O–H groups in total. The van der Waals surface area contributed by atoms with E-state index in [0.717, 1.165) is 6.07 Å². The molecule has 1 aliphatic rings. The quantitative estimate of drug-likeness (QED) is 0.869. The van der Waals surface area contributed by atoms with E-state index in [0.29, 0.717) is 25.1 Å². The second kappa shape index (κ2) is 4.66. The second-order valence-corrected chi connectivity index (χ2v) is 4.25. The van der Waals surface area contributed by atoms with Gasteiger partial charge in [0.1, 0.15) is 0 Å². The first-order valence-electron chi connectivity index (χ1n) is 5.49. The van der Waals surface area contributed by atoms with Gasteiger partial charge in [-0.3, -0.25) is 0 Å². The van der Waals surface area contributed by atoms with Crippen molar-refractivity contribution in [3.63, 3.8) is 0 Å². The zero-order valence-electron chi connectivity index (χ0n) is 9.20. The van der Waals surface area contributed by atoms with E-state index in [1.165, 1.54) is 12.1 Å². The third kappa shape index (κ3) is 2.79. The molecule has 1 aromatic rings. The van der Waals surface area contributed by atoms with Crippen LogP contribution in [0.1, 0.15) is 23.5 Å². The van der Waals surface area contributed by atoms with Gasteiger partial charge >= 0.3 is 6.18 Å². The lowest BCUT2D eigenvalue weighted by molar-refractivity contribution is -0.137. The van der Waals surface area contributed by atoms with Crippen LogP contribution in [0.5, 0.6) is 0 Å². The van der Waals surface area contributed by atoms with E-state index in [-0.39, 0.29) is 12.0 Å². The summed E-state index contributed by atoms with van der Waals surface area (Å²) in [6.07, 6.45) is -3.63. The number of benzene rings is 1. The summed E-state index contributed by atoms with van der Waals surface area (Å²) in [6, 6.07) is 5.43. The number of alkyl halides is 3. The van der Waals surface area contributed by atoms with Crippen molar-refractivity contribution in [2.45, 2.75) is 24.6 Å². The molecule has 0 spiro atoms. The largest absolute Gasteiger partial charge is 0.416 e. The van der Waals surface area contributed by atoms with Gasteiger partial charge in [0.15, 0.2) is 0 Å². The van der Waals surface area contributed by atoms with Crippen molar-refractivity contribution in [2.24, 2.45) is 5.73 Å². The highest BCUT2D eigenvalue weighted by molar-refractivity contribution is 5.29. The smallest absolute Gasteiger partial charge is 0.376 e. The number of hydrogen-bond donors (Lipinski definition) is 1. The van der Waals surface area contributed by atoms with Crippen molar-refractivity contribution >= 4 is 0 Å². The molecule has 0 radical (unpaired) electrons. The summed E-state index contributed by atoms with van der Waals surface area (Å²) >= 11 is 0. The molecule has 94 valence electrons. The number of ether oxygens (including phenoxy) is 1. The maximum Gasteiger partial charge on any atom is 0.416 e. The molecule has 2 unspecified atom stereocenters. The Bertz CT molecular complexity index is 392. The Morgan fingerprint density at radius 1 is 1.35 bits per heavy atom. The number of hydrogen-bond acceptors (Lipinski definition) is 2. The highest BCUT2D eigenvalue weighted by atomic mass is 19.4. The van der Waals surface area contributed by atoms with Crippen molar-refractivity contribution in [3.05, 3.63) is 35.4 Å². The molecular formula is C12H14F3NO. The molecule has 2 rings (SSSR count). The predicted molar refractivity (Wildman–Crippen MR) is 57.6 cm³/mol. The molecule has 1 saturated heterocycles. The highest BCUT2D eigenvalue weighted by Crippen LogP contribution is 2.34. The second-order valence-electron chi connectivity index (χ2n) is 4.25. The van der Waals surface area contributed by atoms with Crippen molar-refractivity contribution in [1.29, 1.82) is 0 Å². The van der Waals surface area contributed by atoms with Crippen LogP contribution >= 0.6 is 0 Å². The van der Waals surface area contributed by atoms with Gasteiger partial charge in [-0.1, -0.05) is 18.2 Å². The molecule has 1 fully saturated rings. The molecular weight excluding hydrogens is 231 g/mol. The van der Waals surface area contributed by atoms with E-state index in [1.807, 2.05) is 0 Å². The van der Waals surface area contributed by atoms with Gasteiger partial charge < -0.3 is 10.5 Å². The maximum absolute atomic E-state index is 12.5. The lowest BCUT2D eigenvalue weighted by Crippen LogP contribution is -2.18. The van der Waals surface area contributed by atoms with Crippen LogP contribution in [0.15, 0.2) is 24.3 Å². The minimum Gasteiger partial charge on any atom is -0.376 e. The highest BCUT2D eigenvalue weighted by Gasteiger charge is 2.32. The van der Waals surface area contributed by atoms with E-state index >= 15 is 0 Å². The number of nitrogens with two attached hydrogens (primary N) is 1. The fourth-order valence-electron chi connectivity index (χ4n) is 2.07.